The van der Waals surface area contributed by atoms with E-state index in [9.17, 15) is 0 Å². The third kappa shape index (κ3) is 7.66. The molecule has 0 radical (unpaired) electrons. The smallest absolute Gasteiger partial charge is 0.193 e. The highest BCUT2D eigenvalue weighted by Gasteiger charge is 2.21. The first-order valence-corrected chi connectivity index (χ1v) is 11.0. The third-order valence-corrected chi connectivity index (χ3v) is 6.08. The summed E-state index contributed by atoms with van der Waals surface area (Å²) in [6.07, 6.45) is 5.50. The Balaban J connectivity index is 0.00000300. The lowest BCUT2D eigenvalue weighted by atomic mass is 10.1. The normalized spacial score (nSPS) is 15.5. The molecule has 0 amide bonds. The molecule has 1 aliphatic heterocycles. The molecule has 0 aliphatic carbocycles. The summed E-state index contributed by atoms with van der Waals surface area (Å²) in [4.78, 5) is 11.5. The van der Waals surface area contributed by atoms with Gasteiger partial charge in [-0.2, -0.15) is 0 Å². The van der Waals surface area contributed by atoms with Crippen LogP contribution in [0.3, 0.4) is 0 Å². The second-order valence-corrected chi connectivity index (χ2v) is 8.17. The number of likely N-dealkylation sites (tertiary alicyclic amines) is 1. The molecule has 8 heteroatoms. The van der Waals surface area contributed by atoms with Crippen LogP contribution in [0.4, 0.5) is 0 Å². The van der Waals surface area contributed by atoms with Crippen molar-refractivity contribution >= 4 is 51.5 Å². The Morgan fingerprint density at radius 2 is 2.03 bits per heavy atom. The van der Waals surface area contributed by atoms with Crippen LogP contribution in [0.5, 0.6) is 0 Å². The van der Waals surface area contributed by atoms with Gasteiger partial charge in [-0.3, -0.25) is 4.99 Å². The Bertz CT molecular complexity index is 714. The van der Waals surface area contributed by atoms with Gasteiger partial charge in [0.05, 0.1) is 21.3 Å². The minimum atomic E-state index is 0. The zero-order chi connectivity index (χ0) is 19.6. The summed E-state index contributed by atoms with van der Waals surface area (Å²) in [5.41, 5.74) is 1.11. The maximum atomic E-state index is 5.95. The van der Waals surface area contributed by atoms with Crippen LogP contribution in [0.2, 0.25) is 0 Å². The van der Waals surface area contributed by atoms with E-state index in [4.69, 9.17) is 14.5 Å². The first-order chi connectivity index (χ1) is 13.8. The molecular formula is C21H33IN4O2S. The van der Waals surface area contributed by atoms with Crippen LogP contribution in [0.25, 0.3) is 10.2 Å². The number of rotatable bonds is 9. The number of guanidine groups is 1. The van der Waals surface area contributed by atoms with Gasteiger partial charge in [-0.25, -0.2) is 4.98 Å². The molecule has 2 aromatic rings. The summed E-state index contributed by atoms with van der Waals surface area (Å²) in [5.74, 6) is 1.00. The predicted molar refractivity (Wildman–Crippen MR) is 132 cm³/mol. The summed E-state index contributed by atoms with van der Waals surface area (Å²) in [5, 5.41) is 4.73. The van der Waals surface area contributed by atoms with Crippen molar-refractivity contribution < 1.29 is 9.47 Å². The number of methoxy groups -OCH3 is 1. The van der Waals surface area contributed by atoms with Gasteiger partial charge >= 0.3 is 0 Å². The fraction of sp³-hybridized carbons (Fsp3) is 0.619. The minimum Gasteiger partial charge on any atom is -0.385 e. The quantitative estimate of drug-likeness (QED) is 0.230. The fourth-order valence-electron chi connectivity index (χ4n) is 3.49. The number of hydrogen-bond donors (Lipinski definition) is 1. The average molecular weight is 532 g/mol. The number of aromatic nitrogens is 1. The number of aryl methyl sites for hydroxylation is 1. The first kappa shape index (κ1) is 24.3. The SMILES string of the molecule is CN=C(NCCCc1nc2ccccc2s1)N1CCC(OCCCOC)CC1.I. The monoisotopic (exact) mass is 532 g/mol. The predicted octanol–water partition coefficient (Wildman–Crippen LogP) is 3.94. The Morgan fingerprint density at radius 3 is 2.76 bits per heavy atom. The van der Waals surface area contributed by atoms with E-state index in [-0.39, 0.29) is 24.0 Å². The number of nitrogens with one attached hydrogen (secondary N) is 1. The van der Waals surface area contributed by atoms with Gasteiger partial charge in [0, 0.05) is 53.4 Å². The van der Waals surface area contributed by atoms with Crippen molar-refractivity contribution in [1.29, 1.82) is 0 Å². The highest BCUT2D eigenvalue weighted by atomic mass is 127. The molecule has 0 saturated carbocycles. The van der Waals surface area contributed by atoms with Gasteiger partial charge in [-0.1, -0.05) is 12.1 Å². The first-order valence-electron chi connectivity index (χ1n) is 10.2. The molecule has 0 spiro atoms. The van der Waals surface area contributed by atoms with Gasteiger partial charge in [-0.05, 0) is 37.8 Å². The van der Waals surface area contributed by atoms with Gasteiger partial charge in [-0.15, -0.1) is 35.3 Å². The van der Waals surface area contributed by atoms with Crippen molar-refractivity contribution in [3.05, 3.63) is 29.3 Å². The number of fused-ring (bicyclic) bond motifs is 1. The van der Waals surface area contributed by atoms with E-state index in [1.165, 1.54) is 9.71 Å². The van der Waals surface area contributed by atoms with Crippen molar-refractivity contribution in [2.45, 2.75) is 38.2 Å². The van der Waals surface area contributed by atoms with Crippen molar-refractivity contribution in [1.82, 2.24) is 15.2 Å². The third-order valence-electron chi connectivity index (χ3n) is 4.99. The Labute approximate surface area is 195 Å². The molecule has 162 valence electrons. The van der Waals surface area contributed by atoms with E-state index < -0.39 is 0 Å². The number of ether oxygens (including phenoxy) is 2. The summed E-state index contributed by atoms with van der Waals surface area (Å²) in [6, 6.07) is 8.34. The number of aliphatic imine (C=N–C) groups is 1. The molecule has 1 fully saturated rings. The van der Waals surface area contributed by atoms with Crippen LogP contribution < -0.4 is 5.32 Å². The Kier molecular flexibility index (Phi) is 11.2. The molecule has 6 nitrogen and oxygen atoms in total. The number of thiazole rings is 1. The second-order valence-electron chi connectivity index (χ2n) is 7.06. The van der Waals surface area contributed by atoms with Gasteiger partial charge in [0.15, 0.2) is 5.96 Å². The maximum absolute atomic E-state index is 5.95. The minimum absolute atomic E-state index is 0. The summed E-state index contributed by atoms with van der Waals surface area (Å²) >= 11 is 1.80. The Morgan fingerprint density at radius 1 is 1.24 bits per heavy atom. The van der Waals surface area contributed by atoms with Crippen LogP contribution in [-0.4, -0.2) is 69.0 Å². The zero-order valence-electron chi connectivity index (χ0n) is 17.4. The number of para-hydroxylation sites is 1. The van der Waals surface area contributed by atoms with E-state index in [0.29, 0.717) is 6.10 Å². The topological polar surface area (TPSA) is 59.0 Å². The van der Waals surface area contributed by atoms with E-state index in [2.05, 4.69) is 33.4 Å². The lowest BCUT2D eigenvalue weighted by molar-refractivity contribution is 0.00991. The van der Waals surface area contributed by atoms with Crippen molar-refractivity contribution in [2.24, 2.45) is 4.99 Å². The molecule has 1 saturated heterocycles. The van der Waals surface area contributed by atoms with Crippen molar-refractivity contribution in [3.63, 3.8) is 0 Å². The molecule has 0 bridgehead atoms. The lowest BCUT2D eigenvalue weighted by Crippen LogP contribution is -2.47. The molecule has 0 atom stereocenters. The number of halogens is 1. The Hall–Kier alpha value is -0.970. The molecule has 1 aromatic carbocycles. The van der Waals surface area contributed by atoms with E-state index in [1.54, 1.807) is 18.4 Å². The van der Waals surface area contributed by atoms with Crippen LogP contribution >= 0.6 is 35.3 Å². The standard InChI is InChI=1S/C21H32N4O2S.HI/c1-22-21(25-13-10-17(11-14-25)27-16-6-15-26-2)23-12-5-9-20-24-18-7-3-4-8-19(18)28-20;/h3-4,7-8,17H,5-6,9-16H2,1-2H3,(H,22,23);1H. The van der Waals surface area contributed by atoms with Crippen LogP contribution in [0, 0.1) is 0 Å². The lowest BCUT2D eigenvalue weighted by Gasteiger charge is -2.34. The molecule has 0 unspecified atom stereocenters. The van der Waals surface area contributed by atoms with Gasteiger partial charge in [0.25, 0.3) is 0 Å². The molecule has 3 rings (SSSR count). The molecule has 1 aromatic heterocycles. The molecule has 29 heavy (non-hydrogen) atoms. The van der Waals surface area contributed by atoms with Gasteiger partial charge in [0.1, 0.15) is 0 Å². The van der Waals surface area contributed by atoms with Gasteiger partial charge in [0.2, 0.25) is 0 Å². The van der Waals surface area contributed by atoms with E-state index in [0.717, 1.165) is 76.4 Å². The summed E-state index contributed by atoms with van der Waals surface area (Å²) < 4.78 is 12.3. The summed E-state index contributed by atoms with van der Waals surface area (Å²) in [7, 11) is 3.60. The number of hydrogen-bond acceptors (Lipinski definition) is 5. The zero-order valence-corrected chi connectivity index (χ0v) is 20.6. The molecule has 2 heterocycles. The number of nitrogens with zero attached hydrogens (tertiary/aromatic N) is 3. The van der Waals surface area contributed by atoms with E-state index in [1.807, 2.05) is 13.1 Å². The van der Waals surface area contributed by atoms with Crippen molar-refractivity contribution in [2.75, 3.05) is 47.0 Å². The van der Waals surface area contributed by atoms with Gasteiger partial charge < -0.3 is 19.7 Å². The maximum Gasteiger partial charge on any atom is 0.193 e. The second kappa shape index (κ2) is 13.4. The van der Waals surface area contributed by atoms with Crippen LogP contribution in [-0.2, 0) is 15.9 Å². The van der Waals surface area contributed by atoms with Crippen LogP contribution in [0.1, 0.15) is 30.7 Å². The molecule has 1 aliphatic rings. The number of piperidine rings is 1. The molecule has 1 N–H and O–H groups in total. The van der Waals surface area contributed by atoms with Crippen molar-refractivity contribution in [3.8, 4) is 0 Å². The largest absolute Gasteiger partial charge is 0.385 e. The summed E-state index contributed by atoms with van der Waals surface area (Å²) in [6.45, 7) is 4.46. The fourth-order valence-corrected chi connectivity index (χ4v) is 4.50. The highest BCUT2D eigenvalue weighted by molar-refractivity contribution is 14.0. The van der Waals surface area contributed by atoms with Crippen LogP contribution in [0.15, 0.2) is 29.3 Å². The molecular weight excluding hydrogens is 499 g/mol. The number of benzene rings is 1. The van der Waals surface area contributed by atoms with E-state index >= 15 is 0 Å². The average Bonchev–Trinajstić information content (AvgIpc) is 3.15. The highest BCUT2D eigenvalue weighted by Crippen LogP contribution is 2.22.